The number of carboxylic acids is 1. The molecule has 1 saturated carbocycles. The number of halogens is 1. The van der Waals surface area contributed by atoms with Crippen molar-refractivity contribution in [1.82, 2.24) is 0 Å². The van der Waals surface area contributed by atoms with E-state index in [-0.39, 0.29) is 11.7 Å². The number of hydrogen-bond acceptors (Lipinski definition) is 2. The predicted octanol–water partition coefficient (Wildman–Crippen LogP) is 3.52. The van der Waals surface area contributed by atoms with Crippen LogP contribution in [-0.2, 0) is 4.79 Å². The van der Waals surface area contributed by atoms with E-state index in [0.717, 1.165) is 25.7 Å². The fourth-order valence-corrected chi connectivity index (χ4v) is 2.76. The van der Waals surface area contributed by atoms with Crippen LogP contribution in [0.5, 0.6) is 0 Å². The highest BCUT2D eigenvalue weighted by molar-refractivity contribution is 5.77. The molecule has 1 aromatic carbocycles. The molecule has 2 rings (SSSR count). The topological polar surface area (TPSA) is 49.3 Å². The van der Waals surface area contributed by atoms with Crippen molar-refractivity contribution < 1.29 is 14.3 Å². The fraction of sp³-hybridized carbons (Fsp3) is 0.533. The summed E-state index contributed by atoms with van der Waals surface area (Å²) in [6.07, 6.45) is 3.97. The highest BCUT2D eigenvalue weighted by Crippen LogP contribution is 2.31. The van der Waals surface area contributed by atoms with Gasteiger partial charge in [0.15, 0.2) is 0 Å². The lowest BCUT2D eigenvalue weighted by molar-refractivity contribution is -0.139. The van der Waals surface area contributed by atoms with Gasteiger partial charge in [-0.05, 0) is 42.9 Å². The fourth-order valence-electron chi connectivity index (χ4n) is 2.76. The largest absolute Gasteiger partial charge is 0.480 e. The molecule has 2 N–H and O–H groups in total. The van der Waals surface area contributed by atoms with Crippen molar-refractivity contribution in [3.05, 3.63) is 30.1 Å². The molecule has 4 heteroatoms. The summed E-state index contributed by atoms with van der Waals surface area (Å²) in [5, 5.41) is 12.3. The molecule has 104 valence electrons. The second-order valence-corrected chi connectivity index (χ2v) is 5.49. The molecule has 0 amide bonds. The summed E-state index contributed by atoms with van der Waals surface area (Å²) in [7, 11) is 0. The van der Waals surface area contributed by atoms with Crippen LogP contribution >= 0.6 is 0 Å². The van der Waals surface area contributed by atoms with E-state index in [1.807, 2.05) is 0 Å². The van der Waals surface area contributed by atoms with Crippen LogP contribution in [0.3, 0.4) is 0 Å². The van der Waals surface area contributed by atoms with Gasteiger partial charge >= 0.3 is 5.97 Å². The molecule has 1 fully saturated rings. The maximum Gasteiger partial charge on any atom is 0.326 e. The summed E-state index contributed by atoms with van der Waals surface area (Å²) >= 11 is 0. The molecule has 1 aliphatic rings. The average molecular weight is 265 g/mol. The van der Waals surface area contributed by atoms with Crippen molar-refractivity contribution in [2.24, 2.45) is 11.8 Å². The van der Waals surface area contributed by atoms with Crippen LogP contribution in [0.4, 0.5) is 10.1 Å². The van der Waals surface area contributed by atoms with E-state index in [1.54, 1.807) is 12.1 Å². The summed E-state index contributed by atoms with van der Waals surface area (Å²) in [5.74, 6) is -0.410. The molecule has 0 spiro atoms. The van der Waals surface area contributed by atoms with E-state index in [0.29, 0.717) is 11.6 Å². The van der Waals surface area contributed by atoms with Crippen LogP contribution in [0.25, 0.3) is 0 Å². The van der Waals surface area contributed by atoms with Gasteiger partial charge in [0.05, 0.1) is 0 Å². The molecule has 0 saturated heterocycles. The third kappa shape index (κ3) is 3.69. The number of benzene rings is 1. The van der Waals surface area contributed by atoms with Gasteiger partial charge in [0.25, 0.3) is 0 Å². The molecule has 1 unspecified atom stereocenters. The monoisotopic (exact) mass is 265 g/mol. The lowest BCUT2D eigenvalue weighted by atomic mass is 9.79. The molecule has 0 aromatic heterocycles. The number of nitrogens with one attached hydrogen (secondary N) is 1. The summed E-state index contributed by atoms with van der Waals surface area (Å²) in [4.78, 5) is 11.4. The van der Waals surface area contributed by atoms with E-state index < -0.39 is 12.0 Å². The van der Waals surface area contributed by atoms with Crippen molar-refractivity contribution in [1.29, 1.82) is 0 Å². The van der Waals surface area contributed by atoms with Crippen LogP contribution in [0.2, 0.25) is 0 Å². The second-order valence-electron chi connectivity index (χ2n) is 5.49. The van der Waals surface area contributed by atoms with Gasteiger partial charge in [0.1, 0.15) is 11.9 Å². The minimum atomic E-state index is -0.858. The summed E-state index contributed by atoms with van der Waals surface area (Å²) < 4.78 is 13.1. The van der Waals surface area contributed by atoms with Crippen molar-refractivity contribution in [2.75, 3.05) is 5.32 Å². The maximum atomic E-state index is 13.1. The van der Waals surface area contributed by atoms with E-state index in [9.17, 15) is 14.3 Å². The predicted molar refractivity (Wildman–Crippen MR) is 72.6 cm³/mol. The molecule has 0 aliphatic heterocycles. The Morgan fingerprint density at radius 1 is 1.37 bits per heavy atom. The lowest BCUT2D eigenvalue weighted by Gasteiger charge is -2.31. The van der Waals surface area contributed by atoms with E-state index in [4.69, 9.17) is 0 Å². The van der Waals surface area contributed by atoms with Gasteiger partial charge in [-0.2, -0.15) is 0 Å². The third-order valence-corrected chi connectivity index (χ3v) is 3.94. The molecule has 0 radical (unpaired) electrons. The molecule has 1 aliphatic carbocycles. The first kappa shape index (κ1) is 13.8. The van der Waals surface area contributed by atoms with Crippen LogP contribution < -0.4 is 5.32 Å². The van der Waals surface area contributed by atoms with Gasteiger partial charge in [0.2, 0.25) is 0 Å². The molecular formula is C15H20FNO2. The molecule has 0 heterocycles. The Hall–Kier alpha value is -1.58. The Bertz CT molecular complexity index is 442. The zero-order chi connectivity index (χ0) is 13.8. The second kappa shape index (κ2) is 6.04. The van der Waals surface area contributed by atoms with Crippen molar-refractivity contribution in [3.8, 4) is 0 Å². The molecule has 1 aromatic rings. The third-order valence-electron chi connectivity index (χ3n) is 3.94. The number of rotatable bonds is 4. The molecule has 0 bridgehead atoms. The first-order valence-corrected chi connectivity index (χ1v) is 6.81. The van der Waals surface area contributed by atoms with Gasteiger partial charge in [-0.25, -0.2) is 9.18 Å². The Morgan fingerprint density at radius 2 is 2.05 bits per heavy atom. The Morgan fingerprint density at radius 3 is 2.63 bits per heavy atom. The summed E-state index contributed by atoms with van der Waals surface area (Å²) in [6, 6.07) is 5.34. The van der Waals surface area contributed by atoms with Crippen LogP contribution in [0.1, 0.15) is 32.6 Å². The van der Waals surface area contributed by atoms with Crippen LogP contribution in [0, 0.1) is 17.7 Å². The minimum Gasteiger partial charge on any atom is -0.480 e. The molecule has 19 heavy (non-hydrogen) atoms. The lowest BCUT2D eigenvalue weighted by Crippen LogP contribution is -2.38. The van der Waals surface area contributed by atoms with Gasteiger partial charge in [-0.1, -0.05) is 25.8 Å². The zero-order valence-electron chi connectivity index (χ0n) is 11.1. The van der Waals surface area contributed by atoms with Gasteiger partial charge in [-0.15, -0.1) is 0 Å². The smallest absolute Gasteiger partial charge is 0.326 e. The molecular weight excluding hydrogens is 245 g/mol. The average Bonchev–Trinajstić information content (AvgIpc) is 2.37. The Balaban J connectivity index is 2.06. The van der Waals surface area contributed by atoms with Crippen molar-refractivity contribution in [3.63, 3.8) is 0 Å². The Kier molecular flexibility index (Phi) is 4.40. The van der Waals surface area contributed by atoms with Crippen molar-refractivity contribution in [2.45, 2.75) is 38.6 Å². The van der Waals surface area contributed by atoms with Gasteiger partial charge in [-0.3, -0.25) is 0 Å². The highest BCUT2D eigenvalue weighted by atomic mass is 19.1. The Labute approximate surface area is 112 Å². The minimum absolute atomic E-state index is 0.122. The first-order chi connectivity index (χ1) is 9.06. The van der Waals surface area contributed by atoms with E-state index >= 15 is 0 Å². The normalized spacial score (nSPS) is 24.7. The zero-order valence-corrected chi connectivity index (χ0v) is 11.1. The quantitative estimate of drug-likeness (QED) is 0.875. The number of aliphatic carboxylic acids is 1. The highest BCUT2D eigenvalue weighted by Gasteiger charge is 2.30. The SMILES string of the molecule is CC1CCC(C(Nc2cccc(F)c2)C(=O)O)CC1. The molecule has 3 nitrogen and oxygen atoms in total. The number of hydrogen-bond donors (Lipinski definition) is 2. The summed E-state index contributed by atoms with van der Waals surface area (Å²) in [6.45, 7) is 2.20. The number of carbonyl (C=O) groups is 1. The number of anilines is 1. The maximum absolute atomic E-state index is 13.1. The summed E-state index contributed by atoms with van der Waals surface area (Å²) in [5.41, 5.74) is 0.533. The van der Waals surface area contributed by atoms with Crippen molar-refractivity contribution >= 4 is 11.7 Å². The van der Waals surface area contributed by atoms with Gasteiger partial charge in [0, 0.05) is 5.69 Å². The van der Waals surface area contributed by atoms with Crippen LogP contribution in [0.15, 0.2) is 24.3 Å². The molecule has 1 atom stereocenters. The standard InChI is InChI=1S/C15H20FNO2/c1-10-5-7-11(8-6-10)14(15(18)19)17-13-4-2-3-12(16)9-13/h2-4,9-11,14,17H,5-8H2,1H3,(H,18,19). The van der Waals surface area contributed by atoms with E-state index in [1.165, 1.54) is 12.1 Å². The van der Waals surface area contributed by atoms with Crippen LogP contribution in [-0.4, -0.2) is 17.1 Å². The van der Waals surface area contributed by atoms with E-state index in [2.05, 4.69) is 12.2 Å². The van der Waals surface area contributed by atoms with Gasteiger partial charge < -0.3 is 10.4 Å². The first-order valence-electron chi connectivity index (χ1n) is 6.81. The number of carboxylic acid groups (broad SMARTS) is 1.